The molecule has 2 fully saturated rings. The molecule has 2 saturated carbocycles. The van der Waals surface area contributed by atoms with Crippen LogP contribution in [0.15, 0.2) is 29.0 Å². The van der Waals surface area contributed by atoms with Gasteiger partial charge in [-0.25, -0.2) is 0 Å². The molecule has 2 heterocycles. The fourth-order valence-electron chi connectivity index (χ4n) is 3.01. The SMILES string of the molecule is Brc1cnc2c(NCC3(C4CC4)CC3)ccnc2c1. The molecular formula is C15H16BrN3. The molecule has 4 rings (SSSR count). The maximum Gasteiger partial charge on any atom is 0.112 e. The number of rotatable bonds is 4. The highest BCUT2D eigenvalue weighted by molar-refractivity contribution is 9.10. The molecule has 2 aliphatic carbocycles. The van der Waals surface area contributed by atoms with Gasteiger partial charge in [0.1, 0.15) is 5.52 Å². The molecule has 0 amide bonds. The maximum absolute atomic E-state index is 4.49. The molecule has 3 nitrogen and oxygen atoms in total. The van der Waals surface area contributed by atoms with Crippen LogP contribution in [-0.2, 0) is 0 Å². The molecule has 2 aromatic rings. The third-order valence-corrected chi connectivity index (χ3v) is 4.94. The number of anilines is 1. The van der Waals surface area contributed by atoms with E-state index >= 15 is 0 Å². The monoisotopic (exact) mass is 317 g/mol. The molecule has 0 atom stereocenters. The molecule has 4 heteroatoms. The summed E-state index contributed by atoms with van der Waals surface area (Å²) in [6.07, 6.45) is 9.35. The van der Waals surface area contributed by atoms with Crippen LogP contribution in [0, 0.1) is 11.3 Å². The summed E-state index contributed by atoms with van der Waals surface area (Å²) >= 11 is 3.44. The summed E-state index contributed by atoms with van der Waals surface area (Å²) in [6, 6.07) is 4.05. The van der Waals surface area contributed by atoms with Crippen molar-refractivity contribution in [3.8, 4) is 0 Å². The Hall–Kier alpha value is -1.16. The Morgan fingerprint density at radius 1 is 1.32 bits per heavy atom. The Balaban J connectivity index is 1.60. The van der Waals surface area contributed by atoms with Crippen LogP contribution in [-0.4, -0.2) is 16.5 Å². The van der Waals surface area contributed by atoms with Gasteiger partial charge in [-0.15, -0.1) is 0 Å². The minimum absolute atomic E-state index is 0.602. The maximum atomic E-state index is 4.49. The Morgan fingerprint density at radius 2 is 2.16 bits per heavy atom. The summed E-state index contributed by atoms with van der Waals surface area (Å²) in [7, 11) is 0. The lowest BCUT2D eigenvalue weighted by molar-refractivity contribution is 0.467. The van der Waals surface area contributed by atoms with Crippen molar-refractivity contribution in [1.29, 1.82) is 0 Å². The van der Waals surface area contributed by atoms with Crippen molar-refractivity contribution in [3.63, 3.8) is 0 Å². The number of hydrogen-bond acceptors (Lipinski definition) is 3. The summed E-state index contributed by atoms with van der Waals surface area (Å²) in [5.74, 6) is 0.982. The molecule has 0 radical (unpaired) electrons. The number of hydrogen-bond donors (Lipinski definition) is 1. The summed E-state index contributed by atoms with van der Waals surface area (Å²) < 4.78 is 0.973. The lowest BCUT2D eigenvalue weighted by atomic mass is 10.0. The molecule has 2 aliphatic rings. The lowest BCUT2D eigenvalue weighted by Gasteiger charge is -2.16. The van der Waals surface area contributed by atoms with Crippen molar-refractivity contribution in [3.05, 3.63) is 29.0 Å². The van der Waals surface area contributed by atoms with Crippen LogP contribution in [0.25, 0.3) is 11.0 Å². The average Bonchev–Trinajstić information content (AvgIpc) is 3.27. The number of pyridine rings is 2. The van der Waals surface area contributed by atoms with Gasteiger partial charge in [-0.1, -0.05) is 0 Å². The molecule has 98 valence electrons. The zero-order valence-corrected chi connectivity index (χ0v) is 12.3. The van der Waals surface area contributed by atoms with Crippen molar-refractivity contribution < 1.29 is 0 Å². The van der Waals surface area contributed by atoms with E-state index in [1.165, 1.54) is 25.7 Å². The second-order valence-corrected chi connectivity index (χ2v) is 6.79. The van der Waals surface area contributed by atoms with Gasteiger partial charge in [0, 0.05) is 23.4 Å². The Morgan fingerprint density at radius 3 is 2.89 bits per heavy atom. The van der Waals surface area contributed by atoms with Gasteiger partial charge >= 0.3 is 0 Å². The van der Waals surface area contributed by atoms with E-state index < -0.39 is 0 Å². The van der Waals surface area contributed by atoms with E-state index in [-0.39, 0.29) is 0 Å². The first-order valence-electron chi connectivity index (χ1n) is 6.91. The van der Waals surface area contributed by atoms with Crippen LogP contribution in [0.4, 0.5) is 5.69 Å². The first kappa shape index (κ1) is 11.6. The van der Waals surface area contributed by atoms with Crippen molar-refractivity contribution in [2.75, 3.05) is 11.9 Å². The van der Waals surface area contributed by atoms with E-state index in [0.29, 0.717) is 5.41 Å². The highest BCUT2D eigenvalue weighted by Gasteiger charge is 2.53. The normalized spacial score (nSPS) is 20.5. The predicted molar refractivity (Wildman–Crippen MR) is 80.1 cm³/mol. The van der Waals surface area contributed by atoms with Crippen molar-refractivity contribution in [1.82, 2.24) is 9.97 Å². The summed E-state index contributed by atoms with van der Waals surface area (Å²) in [6.45, 7) is 1.09. The average molecular weight is 318 g/mol. The van der Waals surface area contributed by atoms with Crippen molar-refractivity contribution in [2.24, 2.45) is 11.3 Å². The number of fused-ring (bicyclic) bond motifs is 1. The highest BCUT2D eigenvalue weighted by atomic mass is 79.9. The van der Waals surface area contributed by atoms with Gasteiger partial charge in [0.25, 0.3) is 0 Å². The van der Waals surface area contributed by atoms with Gasteiger partial charge in [-0.05, 0) is 65.1 Å². The van der Waals surface area contributed by atoms with E-state index in [1.807, 2.05) is 24.5 Å². The fraction of sp³-hybridized carbons (Fsp3) is 0.467. The number of aromatic nitrogens is 2. The molecule has 19 heavy (non-hydrogen) atoms. The summed E-state index contributed by atoms with van der Waals surface area (Å²) in [5, 5.41) is 3.61. The quantitative estimate of drug-likeness (QED) is 0.926. The largest absolute Gasteiger partial charge is 0.383 e. The smallest absolute Gasteiger partial charge is 0.112 e. The van der Waals surface area contributed by atoms with E-state index in [4.69, 9.17) is 0 Å². The fourth-order valence-corrected chi connectivity index (χ4v) is 3.32. The van der Waals surface area contributed by atoms with Gasteiger partial charge in [-0.2, -0.15) is 0 Å². The lowest BCUT2D eigenvalue weighted by Crippen LogP contribution is -2.17. The second-order valence-electron chi connectivity index (χ2n) is 5.87. The number of halogens is 1. The number of nitrogens with one attached hydrogen (secondary N) is 1. The van der Waals surface area contributed by atoms with E-state index in [1.54, 1.807) is 0 Å². The van der Waals surface area contributed by atoms with Crippen molar-refractivity contribution >= 4 is 32.7 Å². The van der Waals surface area contributed by atoms with Crippen LogP contribution in [0.5, 0.6) is 0 Å². The van der Waals surface area contributed by atoms with Crippen molar-refractivity contribution in [2.45, 2.75) is 25.7 Å². The minimum atomic E-state index is 0.602. The van der Waals surface area contributed by atoms with Crippen LogP contribution in [0.3, 0.4) is 0 Å². The summed E-state index contributed by atoms with van der Waals surface area (Å²) in [4.78, 5) is 8.87. The van der Waals surface area contributed by atoms with E-state index in [0.717, 1.165) is 33.7 Å². The van der Waals surface area contributed by atoms with Gasteiger partial charge in [0.05, 0.1) is 11.2 Å². The topological polar surface area (TPSA) is 37.8 Å². The number of nitrogens with zero attached hydrogens (tertiary/aromatic N) is 2. The zero-order chi connectivity index (χ0) is 12.9. The van der Waals surface area contributed by atoms with Gasteiger partial charge in [0.15, 0.2) is 0 Å². The molecule has 1 N–H and O–H groups in total. The molecule has 0 spiro atoms. The van der Waals surface area contributed by atoms with E-state index in [9.17, 15) is 0 Å². The summed E-state index contributed by atoms with van der Waals surface area (Å²) in [5.41, 5.74) is 3.63. The highest BCUT2D eigenvalue weighted by Crippen LogP contribution is 2.61. The Bertz CT molecular complexity index is 632. The van der Waals surface area contributed by atoms with Gasteiger partial charge in [-0.3, -0.25) is 9.97 Å². The third kappa shape index (κ3) is 2.12. The Labute approximate surface area is 121 Å². The predicted octanol–water partition coefficient (Wildman–Crippen LogP) is 3.99. The third-order valence-electron chi connectivity index (χ3n) is 4.51. The van der Waals surface area contributed by atoms with E-state index in [2.05, 4.69) is 31.2 Å². The standard InChI is InChI=1S/C15H16BrN3/c16-11-7-13-14(18-8-11)12(3-6-17-13)19-9-15(4-5-15)10-1-2-10/h3,6-8,10H,1-2,4-5,9H2,(H,17,19). The zero-order valence-electron chi connectivity index (χ0n) is 10.7. The minimum Gasteiger partial charge on any atom is -0.383 e. The van der Waals surface area contributed by atoms with Crippen LogP contribution >= 0.6 is 15.9 Å². The molecule has 2 aromatic heterocycles. The first-order valence-corrected chi connectivity index (χ1v) is 7.70. The molecular weight excluding hydrogens is 302 g/mol. The van der Waals surface area contributed by atoms with Crippen LogP contribution in [0.2, 0.25) is 0 Å². The molecule has 0 saturated heterocycles. The van der Waals surface area contributed by atoms with Crippen LogP contribution < -0.4 is 5.32 Å². The van der Waals surface area contributed by atoms with Gasteiger partial charge in [0.2, 0.25) is 0 Å². The van der Waals surface area contributed by atoms with Gasteiger partial charge < -0.3 is 5.32 Å². The Kier molecular flexibility index (Phi) is 2.56. The first-order chi connectivity index (χ1) is 9.27. The molecule has 0 aliphatic heterocycles. The molecule has 0 aromatic carbocycles. The molecule has 0 bridgehead atoms. The van der Waals surface area contributed by atoms with Crippen LogP contribution in [0.1, 0.15) is 25.7 Å². The molecule has 0 unspecified atom stereocenters. The second kappa shape index (κ2) is 4.17.